The number of fused-ring (bicyclic) bond motifs is 3. The molecule has 2 heterocycles. The first-order chi connectivity index (χ1) is 10.7. The van der Waals surface area contributed by atoms with E-state index in [0.29, 0.717) is 11.3 Å². The molecule has 5 heteroatoms. The summed E-state index contributed by atoms with van der Waals surface area (Å²) in [5.74, 6) is 0.191. The van der Waals surface area contributed by atoms with Crippen molar-refractivity contribution in [1.82, 2.24) is 4.40 Å². The molecule has 1 atom stereocenters. The van der Waals surface area contributed by atoms with Gasteiger partial charge < -0.3 is 13.9 Å². The summed E-state index contributed by atoms with van der Waals surface area (Å²) in [5, 5.41) is 9.67. The Morgan fingerprint density at radius 1 is 1.23 bits per heavy atom. The van der Waals surface area contributed by atoms with E-state index in [4.69, 9.17) is 14.7 Å². The quantitative estimate of drug-likeness (QED) is 0.696. The first kappa shape index (κ1) is 14.0. The summed E-state index contributed by atoms with van der Waals surface area (Å²) in [6.07, 6.45) is 1.23. The van der Waals surface area contributed by atoms with E-state index >= 15 is 0 Å². The summed E-state index contributed by atoms with van der Waals surface area (Å²) in [7, 11) is 1.37. The van der Waals surface area contributed by atoms with Gasteiger partial charge in [0.25, 0.3) is 0 Å². The highest BCUT2D eigenvalue weighted by Gasteiger charge is 2.18. The van der Waals surface area contributed by atoms with Crippen LogP contribution >= 0.6 is 0 Å². The molecule has 3 rings (SSSR count). The molecule has 0 saturated heterocycles. The van der Waals surface area contributed by atoms with E-state index in [0.717, 1.165) is 16.4 Å². The third kappa shape index (κ3) is 2.15. The summed E-state index contributed by atoms with van der Waals surface area (Å²) in [6.45, 7) is 1.68. The van der Waals surface area contributed by atoms with Crippen LogP contribution in [0.25, 0.3) is 16.4 Å². The van der Waals surface area contributed by atoms with Crippen LogP contribution < -0.4 is 4.74 Å². The summed E-state index contributed by atoms with van der Waals surface area (Å²) < 4.78 is 12.3. The summed E-state index contributed by atoms with van der Waals surface area (Å²) >= 11 is 0. The molecule has 0 fully saturated rings. The average Bonchev–Trinajstić information content (AvgIpc) is 2.88. The highest BCUT2D eigenvalue weighted by atomic mass is 16.5. The van der Waals surface area contributed by atoms with E-state index in [1.54, 1.807) is 25.3 Å². The van der Waals surface area contributed by atoms with Crippen LogP contribution in [0.1, 0.15) is 17.3 Å². The normalized spacial score (nSPS) is 12.0. The van der Waals surface area contributed by atoms with Crippen molar-refractivity contribution in [2.24, 2.45) is 0 Å². The van der Waals surface area contributed by atoms with Gasteiger partial charge in [0, 0.05) is 5.39 Å². The van der Waals surface area contributed by atoms with Crippen molar-refractivity contribution in [2.75, 3.05) is 7.11 Å². The van der Waals surface area contributed by atoms with Crippen molar-refractivity contribution in [3.63, 3.8) is 0 Å². The molecular formula is C17H14N2O3. The molecule has 5 nitrogen and oxygen atoms in total. The van der Waals surface area contributed by atoms with E-state index in [1.165, 1.54) is 7.11 Å². The number of hydrogen-bond acceptors (Lipinski definition) is 4. The highest BCUT2D eigenvalue weighted by Crippen LogP contribution is 2.29. The second-order valence-electron chi connectivity index (χ2n) is 4.89. The predicted molar refractivity (Wildman–Crippen MR) is 81.9 cm³/mol. The molecule has 2 aromatic heterocycles. The fraction of sp³-hybridized carbons (Fsp3) is 0.176. The number of para-hydroxylation sites is 1. The fourth-order valence-electron chi connectivity index (χ4n) is 2.53. The monoisotopic (exact) mass is 294 g/mol. The minimum atomic E-state index is -0.542. The Kier molecular flexibility index (Phi) is 3.43. The molecule has 0 aliphatic heterocycles. The lowest BCUT2D eigenvalue weighted by atomic mass is 10.1. The van der Waals surface area contributed by atoms with Crippen molar-refractivity contribution < 1.29 is 14.3 Å². The highest BCUT2D eigenvalue weighted by molar-refractivity contribution is 6.11. The zero-order valence-electron chi connectivity index (χ0n) is 12.2. The Balaban J connectivity index is 2.27. The topological polar surface area (TPSA) is 63.7 Å². The Bertz CT molecular complexity index is 905. The third-order valence-electron chi connectivity index (χ3n) is 3.49. The maximum absolute atomic E-state index is 12.1. The lowest BCUT2D eigenvalue weighted by Gasteiger charge is -2.08. The number of pyridine rings is 1. The van der Waals surface area contributed by atoms with Gasteiger partial charge >= 0.3 is 5.97 Å². The number of nitriles is 1. The number of methoxy groups -OCH3 is 1. The number of aromatic nitrogens is 1. The van der Waals surface area contributed by atoms with Gasteiger partial charge in [0.15, 0.2) is 6.10 Å². The van der Waals surface area contributed by atoms with Gasteiger partial charge in [-0.15, -0.1) is 0 Å². The van der Waals surface area contributed by atoms with Crippen molar-refractivity contribution in [3.05, 3.63) is 48.2 Å². The van der Waals surface area contributed by atoms with E-state index < -0.39 is 6.10 Å². The van der Waals surface area contributed by atoms with E-state index in [-0.39, 0.29) is 5.97 Å². The maximum Gasteiger partial charge on any atom is 0.340 e. The van der Waals surface area contributed by atoms with Crippen LogP contribution in [-0.2, 0) is 4.74 Å². The van der Waals surface area contributed by atoms with Crippen molar-refractivity contribution >= 4 is 22.4 Å². The number of benzene rings is 1. The molecule has 0 bridgehead atoms. The van der Waals surface area contributed by atoms with E-state index in [1.807, 2.05) is 34.7 Å². The molecule has 22 heavy (non-hydrogen) atoms. The first-order valence-electron chi connectivity index (χ1n) is 6.83. The molecule has 0 aliphatic rings. The van der Waals surface area contributed by atoms with Crippen LogP contribution in [0, 0.1) is 11.3 Å². The lowest BCUT2D eigenvalue weighted by molar-refractivity contribution is 0.0605. The van der Waals surface area contributed by atoms with Crippen molar-refractivity contribution in [2.45, 2.75) is 13.0 Å². The van der Waals surface area contributed by atoms with Gasteiger partial charge in [-0.25, -0.2) is 4.79 Å². The molecule has 110 valence electrons. The first-order valence-corrected chi connectivity index (χ1v) is 6.83. The zero-order chi connectivity index (χ0) is 15.7. The number of ether oxygens (including phenoxy) is 2. The van der Waals surface area contributed by atoms with E-state index in [9.17, 15) is 4.79 Å². The van der Waals surface area contributed by atoms with Crippen LogP contribution in [0.5, 0.6) is 5.75 Å². The number of carbonyl (C=O) groups excluding carboxylic acids is 1. The Morgan fingerprint density at radius 3 is 2.73 bits per heavy atom. The predicted octanol–water partition coefficient (Wildman–Crippen LogP) is 3.17. The molecule has 3 aromatic rings. The minimum absolute atomic E-state index is 0.377. The minimum Gasteiger partial charge on any atom is -0.474 e. The summed E-state index contributed by atoms with van der Waals surface area (Å²) in [4.78, 5) is 12.1. The van der Waals surface area contributed by atoms with Crippen molar-refractivity contribution in [1.29, 1.82) is 5.26 Å². The van der Waals surface area contributed by atoms with Crippen LogP contribution in [0.3, 0.4) is 0 Å². The van der Waals surface area contributed by atoms with Crippen LogP contribution in [-0.4, -0.2) is 23.6 Å². The smallest absolute Gasteiger partial charge is 0.340 e. The Hall–Kier alpha value is -3.00. The van der Waals surface area contributed by atoms with Crippen LogP contribution in [0.2, 0.25) is 0 Å². The third-order valence-corrected chi connectivity index (χ3v) is 3.49. The SMILES string of the molecule is COC(=O)c1c2ccccc2n2cc(OC(C)C#N)ccc12. The average molecular weight is 294 g/mol. The van der Waals surface area contributed by atoms with Gasteiger partial charge in [-0.1, -0.05) is 18.2 Å². The number of carbonyl (C=O) groups is 1. The zero-order valence-corrected chi connectivity index (χ0v) is 12.2. The van der Waals surface area contributed by atoms with Gasteiger partial charge in [-0.2, -0.15) is 5.26 Å². The van der Waals surface area contributed by atoms with Crippen molar-refractivity contribution in [3.8, 4) is 11.8 Å². The lowest BCUT2D eigenvalue weighted by Crippen LogP contribution is -2.08. The second-order valence-corrected chi connectivity index (χ2v) is 4.89. The molecular weight excluding hydrogens is 280 g/mol. The van der Waals surface area contributed by atoms with Gasteiger partial charge in [-0.05, 0) is 25.1 Å². The number of rotatable bonds is 3. The molecule has 0 aliphatic carbocycles. The molecule has 0 N–H and O–H groups in total. The summed E-state index contributed by atoms with van der Waals surface area (Å²) in [5.41, 5.74) is 2.15. The van der Waals surface area contributed by atoms with Crippen LogP contribution in [0.15, 0.2) is 42.6 Å². The van der Waals surface area contributed by atoms with Gasteiger partial charge in [-0.3, -0.25) is 0 Å². The van der Waals surface area contributed by atoms with E-state index in [2.05, 4.69) is 0 Å². The Labute approximate surface area is 127 Å². The molecule has 0 saturated carbocycles. The number of nitrogens with zero attached hydrogens (tertiary/aromatic N) is 2. The molecule has 0 amide bonds. The molecule has 1 unspecified atom stereocenters. The molecule has 0 radical (unpaired) electrons. The Morgan fingerprint density at radius 2 is 2.00 bits per heavy atom. The summed E-state index contributed by atoms with van der Waals surface area (Å²) in [6, 6.07) is 13.2. The van der Waals surface area contributed by atoms with Crippen LogP contribution in [0.4, 0.5) is 0 Å². The molecule has 0 spiro atoms. The fourth-order valence-corrected chi connectivity index (χ4v) is 2.53. The van der Waals surface area contributed by atoms with Gasteiger partial charge in [0.2, 0.25) is 0 Å². The molecule has 1 aromatic carbocycles. The largest absolute Gasteiger partial charge is 0.474 e. The van der Waals surface area contributed by atoms with Gasteiger partial charge in [0.05, 0.1) is 29.9 Å². The van der Waals surface area contributed by atoms with Gasteiger partial charge in [0.1, 0.15) is 11.8 Å². The second kappa shape index (κ2) is 5.41. The standard InChI is InChI=1S/C17H14N2O3/c1-11(9-18)22-12-7-8-15-16(17(20)21-2)13-5-3-4-6-14(13)19(15)10-12/h3-8,10-11H,1-2H3. The maximum atomic E-state index is 12.1. The number of esters is 1. The number of hydrogen-bond donors (Lipinski definition) is 0.